The highest BCUT2D eigenvalue weighted by atomic mass is 16.5. The maximum Gasteiger partial charge on any atom is 0.354 e. The Hall–Kier alpha value is -2.70. The van der Waals surface area contributed by atoms with E-state index < -0.39 is 17.4 Å². The fourth-order valence-electron chi connectivity index (χ4n) is 2.70. The van der Waals surface area contributed by atoms with Gasteiger partial charge >= 0.3 is 5.97 Å². The van der Waals surface area contributed by atoms with E-state index in [9.17, 15) is 14.4 Å². The molecule has 2 aliphatic heterocycles. The van der Waals surface area contributed by atoms with E-state index in [0.29, 0.717) is 5.69 Å². The molecule has 1 atom stereocenters. The van der Waals surface area contributed by atoms with Gasteiger partial charge in [0.25, 0.3) is 5.91 Å². The number of carbonyl (C=O) groups excluding carboxylic acids is 3. The zero-order valence-electron chi connectivity index (χ0n) is 12.3. The first kappa shape index (κ1) is 14.2. The predicted molar refractivity (Wildman–Crippen MR) is 78.2 cm³/mol. The second-order valence-electron chi connectivity index (χ2n) is 5.47. The van der Waals surface area contributed by atoms with Crippen LogP contribution in [0.2, 0.25) is 0 Å². The summed E-state index contributed by atoms with van der Waals surface area (Å²) in [5.41, 5.74) is 3.16. The number of nitrogens with one attached hydrogen (secondary N) is 1. The molecule has 1 spiro atoms. The van der Waals surface area contributed by atoms with Crippen molar-refractivity contribution in [3.63, 3.8) is 0 Å². The Morgan fingerprint density at radius 1 is 1.27 bits per heavy atom. The number of carbonyl (C=O) groups is 3. The standard InChI is InChI=1S/C15H15N3O4/c1-9-3-5-10(6-4-9)18-12(19)8-15(14(18)21)7-11(16-17-15)13(20)22-2/h3-6,17H,7-8H2,1-2H3/t15-/m1/s1. The number of methoxy groups -OCH3 is 1. The van der Waals surface area contributed by atoms with Gasteiger partial charge < -0.3 is 4.74 Å². The van der Waals surface area contributed by atoms with E-state index in [2.05, 4.69) is 15.3 Å². The summed E-state index contributed by atoms with van der Waals surface area (Å²) in [7, 11) is 1.25. The number of nitrogens with zero attached hydrogens (tertiary/aromatic N) is 2. The minimum Gasteiger partial charge on any atom is -0.464 e. The van der Waals surface area contributed by atoms with Crippen molar-refractivity contribution < 1.29 is 19.1 Å². The molecule has 2 amide bonds. The average Bonchev–Trinajstić information content (AvgIpc) is 3.03. The Balaban J connectivity index is 1.87. The average molecular weight is 301 g/mol. The molecule has 7 heteroatoms. The van der Waals surface area contributed by atoms with Gasteiger partial charge in [0.15, 0.2) is 0 Å². The quantitative estimate of drug-likeness (QED) is 0.635. The first-order valence-corrected chi connectivity index (χ1v) is 6.83. The van der Waals surface area contributed by atoms with Crippen molar-refractivity contribution in [3.05, 3.63) is 29.8 Å². The van der Waals surface area contributed by atoms with Crippen molar-refractivity contribution in [2.45, 2.75) is 25.3 Å². The number of hydrogen-bond donors (Lipinski definition) is 1. The fourth-order valence-corrected chi connectivity index (χ4v) is 2.70. The Morgan fingerprint density at radius 3 is 2.59 bits per heavy atom. The summed E-state index contributed by atoms with van der Waals surface area (Å²) >= 11 is 0. The van der Waals surface area contributed by atoms with Crippen LogP contribution in [-0.2, 0) is 19.1 Å². The van der Waals surface area contributed by atoms with E-state index in [-0.39, 0.29) is 24.5 Å². The van der Waals surface area contributed by atoms with Crippen LogP contribution in [0.25, 0.3) is 0 Å². The number of amides is 2. The summed E-state index contributed by atoms with van der Waals surface area (Å²) in [5, 5.41) is 3.86. The Bertz CT molecular complexity index is 695. The molecule has 7 nitrogen and oxygen atoms in total. The van der Waals surface area contributed by atoms with Crippen molar-refractivity contribution in [2.24, 2.45) is 5.10 Å². The first-order valence-electron chi connectivity index (χ1n) is 6.83. The fraction of sp³-hybridized carbons (Fsp3) is 0.333. The minimum absolute atomic E-state index is 0.0380. The molecule has 2 aliphatic rings. The van der Waals surface area contributed by atoms with Gasteiger partial charge in [-0.2, -0.15) is 5.10 Å². The highest BCUT2D eigenvalue weighted by Gasteiger charge is 2.56. The Morgan fingerprint density at radius 2 is 1.95 bits per heavy atom. The van der Waals surface area contributed by atoms with Gasteiger partial charge in [-0.1, -0.05) is 17.7 Å². The van der Waals surface area contributed by atoms with E-state index in [1.54, 1.807) is 12.1 Å². The molecule has 114 valence electrons. The van der Waals surface area contributed by atoms with Crippen molar-refractivity contribution in [2.75, 3.05) is 12.0 Å². The topological polar surface area (TPSA) is 88.1 Å². The molecule has 0 bridgehead atoms. The number of hydrogen-bond acceptors (Lipinski definition) is 6. The van der Waals surface area contributed by atoms with Gasteiger partial charge in [-0.3, -0.25) is 15.0 Å². The zero-order valence-corrected chi connectivity index (χ0v) is 12.3. The Kier molecular flexibility index (Phi) is 3.20. The van der Waals surface area contributed by atoms with E-state index >= 15 is 0 Å². The number of rotatable bonds is 2. The molecule has 1 aromatic rings. The van der Waals surface area contributed by atoms with Crippen LogP contribution in [0.5, 0.6) is 0 Å². The van der Waals surface area contributed by atoms with Crippen molar-refractivity contribution >= 4 is 29.2 Å². The number of ether oxygens (including phenoxy) is 1. The normalized spacial score (nSPS) is 23.7. The van der Waals surface area contributed by atoms with Crippen molar-refractivity contribution in [3.8, 4) is 0 Å². The third-order valence-electron chi connectivity index (χ3n) is 3.90. The predicted octanol–water partition coefficient (Wildman–Crippen LogP) is 0.519. The number of hydrazone groups is 1. The summed E-state index contributed by atoms with van der Waals surface area (Å²) in [5.74, 6) is -1.31. The van der Waals surface area contributed by atoms with Gasteiger partial charge in [0.2, 0.25) is 5.91 Å². The molecule has 22 heavy (non-hydrogen) atoms. The van der Waals surface area contributed by atoms with Crippen LogP contribution in [-0.4, -0.2) is 36.1 Å². The number of esters is 1. The van der Waals surface area contributed by atoms with Gasteiger partial charge in [0, 0.05) is 6.42 Å². The molecule has 0 aromatic heterocycles. The summed E-state index contributed by atoms with van der Waals surface area (Å²) in [6.45, 7) is 1.92. The lowest BCUT2D eigenvalue weighted by molar-refractivity contribution is -0.132. The summed E-state index contributed by atoms with van der Waals surface area (Å²) in [6, 6.07) is 7.11. The van der Waals surface area contributed by atoms with Crippen LogP contribution in [0.1, 0.15) is 18.4 Å². The lowest BCUT2D eigenvalue weighted by Gasteiger charge is -2.21. The molecule has 1 saturated heterocycles. The molecular formula is C15H15N3O4. The van der Waals surface area contributed by atoms with Crippen LogP contribution in [0.4, 0.5) is 5.69 Å². The largest absolute Gasteiger partial charge is 0.464 e. The minimum atomic E-state index is -1.18. The van der Waals surface area contributed by atoms with Crippen LogP contribution in [0.15, 0.2) is 29.4 Å². The van der Waals surface area contributed by atoms with Gasteiger partial charge in [-0.15, -0.1) is 0 Å². The molecule has 0 aliphatic carbocycles. The van der Waals surface area contributed by atoms with E-state index in [0.717, 1.165) is 10.5 Å². The molecule has 2 heterocycles. The van der Waals surface area contributed by atoms with Crippen LogP contribution < -0.4 is 10.3 Å². The lowest BCUT2D eigenvalue weighted by atomic mass is 9.93. The summed E-state index contributed by atoms with van der Waals surface area (Å²) in [4.78, 5) is 37.6. The molecule has 3 rings (SSSR count). The SMILES string of the molecule is COC(=O)C1=NN[C@@]2(CC(=O)N(c3ccc(C)cc3)C2=O)C1. The van der Waals surface area contributed by atoms with Gasteiger partial charge in [0.1, 0.15) is 11.3 Å². The zero-order chi connectivity index (χ0) is 15.9. The third-order valence-corrected chi connectivity index (χ3v) is 3.90. The number of benzene rings is 1. The third kappa shape index (κ3) is 2.05. The van der Waals surface area contributed by atoms with Crippen LogP contribution >= 0.6 is 0 Å². The molecule has 0 saturated carbocycles. The molecule has 0 radical (unpaired) electrons. The Labute approximate surface area is 126 Å². The first-order chi connectivity index (χ1) is 10.5. The van der Waals surface area contributed by atoms with Crippen molar-refractivity contribution in [1.29, 1.82) is 0 Å². The van der Waals surface area contributed by atoms with E-state index in [1.165, 1.54) is 7.11 Å². The van der Waals surface area contributed by atoms with E-state index in [1.807, 2.05) is 19.1 Å². The molecule has 1 aromatic carbocycles. The highest BCUT2D eigenvalue weighted by Crippen LogP contribution is 2.34. The van der Waals surface area contributed by atoms with Gasteiger partial charge in [-0.25, -0.2) is 9.69 Å². The van der Waals surface area contributed by atoms with Crippen LogP contribution in [0, 0.1) is 6.92 Å². The number of aryl methyl sites for hydroxylation is 1. The van der Waals surface area contributed by atoms with Crippen molar-refractivity contribution in [1.82, 2.24) is 5.43 Å². The summed E-state index contributed by atoms with van der Waals surface area (Å²) < 4.78 is 4.60. The maximum absolute atomic E-state index is 12.7. The molecule has 1 fully saturated rings. The second kappa shape index (κ2) is 4.94. The number of anilines is 1. The maximum atomic E-state index is 12.7. The number of imide groups is 1. The smallest absolute Gasteiger partial charge is 0.354 e. The van der Waals surface area contributed by atoms with E-state index in [4.69, 9.17) is 0 Å². The van der Waals surface area contributed by atoms with Gasteiger partial charge in [-0.05, 0) is 19.1 Å². The monoisotopic (exact) mass is 301 g/mol. The molecule has 0 unspecified atom stereocenters. The molecular weight excluding hydrogens is 286 g/mol. The highest BCUT2D eigenvalue weighted by molar-refractivity contribution is 6.39. The summed E-state index contributed by atoms with van der Waals surface area (Å²) in [6.07, 6.45) is 0.0102. The second-order valence-corrected chi connectivity index (χ2v) is 5.47. The molecule has 1 N–H and O–H groups in total. The lowest BCUT2D eigenvalue weighted by Crippen LogP contribution is -2.47. The van der Waals surface area contributed by atoms with Crippen LogP contribution in [0.3, 0.4) is 0 Å². The van der Waals surface area contributed by atoms with Gasteiger partial charge in [0.05, 0.1) is 19.2 Å².